The second kappa shape index (κ2) is 7.30. The molecule has 2 unspecified atom stereocenters. The summed E-state index contributed by atoms with van der Waals surface area (Å²) >= 11 is 0. The Hall–Kier alpha value is -1.06. The van der Waals surface area contributed by atoms with Crippen molar-refractivity contribution in [3.63, 3.8) is 0 Å². The van der Waals surface area contributed by atoms with E-state index in [4.69, 9.17) is 9.47 Å². The van der Waals surface area contributed by atoms with Crippen molar-refractivity contribution in [2.45, 2.75) is 26.4 Å². The van der Waals surface area contributed by atoms with Crippen molar-refractivity contribution in [3.8, 4) is 5.75 Å². The monoisotopic (exact) mass is 238 g/mol. The van der Waals surface area contributed by atoms with Gasteiger partial charge in [-0.3, -0.25) is 0 Å². The Morgan fingerprint density at radius 3 is 2.59 bits per heavy atom. The highest BCUT2D eigenvalue weighted by molar-refractivity contribution is 5.35. The van der Waals surface area contributed by atoms with Crippen LogP contribution >= 0.6 is 0 Å². The molecule has 1 aromatic rings. The Morgan fingerprint density at radius 1 is 1.24 bits per heavy atom. The molecule has 3 nitrogen and oxygen atoms in total. The van der Waals surface area contributed by atoms with Crippen molar-refractivity contribution in [1.29, 1.82) is 0 Å². The van der Waals surface area contributed by atoms with Gasteiger partial charge in [0, 0.05) is 12.7 Å². The molecule has 1 rings (SSSR count). The average Bonchev–Trinajstić information content (AvgIpc) is 2.38. The molecule has 0 aliphatic rings. The molecule has 1 aromatic carbocycles. The van der Waals surface area contributed by atoms with Crippen LogP contribution in [0.15, 0.2) is 24.3 Å². The van der Waals surface area contributed by atoms with E-state index in [0.29, 0.717) is 13.2 Å². The van der Waals surface area contributed by atoms with Crippen LogP contribution in [0.25, 0.3) is 0 Å². The van der Waals surface area contributed by atoms with Gasteiger partial charge in [-0.2, -0.15) is 0 Å². The van der Waals surface area contributed by atoms with Gasteiger partial charge in [-0.05, 0) is 12.0 Å². The number of methoxy groups -OCH3 is 1. The highest BCUT2D eigenvalue weighted by Gasteiger charge is 2.18. The van der Waals surface area contributed by atoms with E-state index in [9.17, 15) is 5.11 Å². The molecule has 3 heteroatoms. The van der Waals surface area contributed by atoms with E-state index in [2.05, 4.69) is 6.92 Å². The van der Waals surface area contributed by atoms with E-state index in [1.54, 1.807) is 7.11 Å². The van der Waals surface area contributed by atoms with Crippen molar-refractivity contribution in [3.05, 3.63) is 29.8 Å². The molecule has 2 atom stereocenters. The second-order valence-electron chi connectivity index (χ2n) is 4.21. The highest BCUT2D eigenvalue weighted by atomic mass is 16.5. The van der Waals surface area contributed by atoms with Gasteiger partial charge in [0.25, 0.3) is 0 Å². The third kappa shape index (κ3) is 4.02. The van der Waals surface area contributed by atoms with E-state index in [1.165, 1.54) is 0 Å². The maximum Gasteiger partial charge on any atom is 0.125 e. The van der Waals surface area contributed by atoms with Crippen molar-refractivity contribution in [2.24, 2.45) is 5.92 Å². The summed E-state index contributed by atoms with van der Waals surface area (Å²) < 4.78 is 10.6. The zero-order valence-electron chi connectivity index (χ0n) is 10.8. The Morgan fingerprint density at radius 2 is 1.94 bits per heavy atom. The van der Waals surface area contributed by atoms with Crippen molar-refractivity contribution in [2.75, 3.05) is 20.3 Å². The molecule has 0 radical (unpaired) electrons. The summed E-state index contributed by atoms with van der Waals surface area (Å²) in [7, 11) is 1.64. The predicted octanol–water partition coefficient (Wildman–Crippen LogP) is 2.79. The number of hydrogen-bond acceptors (Lipinski definition) is 3. The lowest BCUT2D eigenvalue weighted by atomic mass is 9.95. The van der Waals surface area contributed by atoms with E-state index < -0.39 is 6.10 Å². The van der Waals surface area contributed by atoms with Crippen molar-refractivity contribution in [1.82, 2.24) is 0 Å². The van der Waals surface area contributed by atoms with Crippen LogP contribution < -0.4 is 4.74 Å². The minimum Gasteiger partial charge on any atom is -0.491 e. The third-order valence-electron chi connectivity index (χ3n) is 2.97. The normalized spacial score (nSPS) is 14.4. The number of benzene rings is 1. The fourth-order valence-corrected chi connectivity index (χ4v) is 1.62. The van der Waals surface area contributed by atoms with Crippen molar-refractivity contribution >= 4 is 0 Å². The van der Waals surface area contributed by atoms with Crippen LogP contribution in [-0.4, -0.2) is 25.4 Å². The first-order valence-electron chi connectivity index (χ1n) is 6.09. The Kier molecular flexibility index (Phi) is 6.01. The number of ether oxygens (including phenoxy) is 2. The van der Waals surface area contributed by atoms with Gasteiger partial charge in [0.05, 0.1) is 12.7 Å². The van der Waals surface area contributed by atoms with Crippen LogP contribution in [0.3, 0.4) is 0 Å². The zero-order chi connectivity index (χ0) is 12.7. The number of para-hydroxylation sites is 1. The van der Waals surface area contributed by atoms with Crippen LogP contribution in [0.4, 0.5) is 0 Å². The number of rotatable bonds is 7. The topological polar surface area (TPSA) is 38.7 Å². The maximum atomic E-state index is 10.2. The third-order valence-corrected chi connectivity index (χ3v) is 2.97. The van der Waals surface area contributed by atoms with Gasteiger partial charge in [-0.1, -0.05) is 38.5 Å². The summed E-state index contributed by atoms with van der Waals surface area (Å²) in [6.45, 7) is 5.16. The van der Waals surface area contributed by atoms with Gasteiger partial charge in [-0.15, -0.1) is 0 Å². The summed E-state index contributed by atoms with van der Waals surface area (Å²) in [5.74, 6) is 0.972. The lowest BCUT2D eigenvalue weighted by molar-refractivity contribution is 0.107. The summed E-state index contributed by atoms with van der Waals surface area (Å²) in [4.78, 5) is 0. The molecule has 1 N–H and O–H groups in total. The molecule has 0 aromatic heterocycles. The SMILES string of the molecule is CCC(C)C(O)c1ccccc1OCCOC. The lowest BCUT2D eigenvalue weighted by Gasteiger charge is -2.20. The second-order valence-corrected chi connectivity index (χ2v) is 4.21. The molecule has 17 heavy (non-hydrogen) atoms. The molecule has 0 aliphatic carbocycles. The predicted molar refractivity (Wildman–Crippen MR) is 68.2 cm³/mol. The van der Waals surface area contributed by atoms with Crippen LogP contribution in [0.1, 0.15) is 31.9 Å². The fraction of sp³-hybridized carbons (Fsp3) is 0.571. The van der Waals surface area contributed by atoms with Crippen LogP contribution in [0.2, 0.25) is 0 Å². The maximum absolute atomic E-state index is 10.2. The van der Waals surface area contributed by atoms with Gasteiger partial charge in [0.15, 0.2) is 0 Å². The van der Waals surface area contributed by atoms with Gasteiger partial charge < -0.3 is 14.6 Å². The molecule has 0 fully saturated rings. The fourth-order valence-electron chi connectivity index (χ4n) is 1.62. The molecular formula is C14H22O3. The Bertz CT molecular complexity index is 325. The largest absolute Gasteiger partial charge is 0.491 e. The van der Waals surface area contributed by atoms with E-state index in [1.807, 2.05) is 31.2 Å². The Balaban J connectivity index is 2.76. The van der Waals surface area contributed by atoms with Crippen LogP contribution in [0.5, 0.6) is 5.75 Å². The molecule has 0 aliphatic heterocycles. The molecule has 0 saturated carbocycles. The molecular weight excluding hydrogens is 216 g/mol. The van der Waals surface area contributed by atoms with Gasteiger partial charge in [0.1, 0.15) is 12.4 Å². The van der Waals surface area contributed by atoms with Crippen molar-refractivity contribution < 1.29 is 14.6 Å². The van der Waals surface area contributed by atoms with Crippen LogP contribution in [0, 0.1) is 5.92 Å². The zero-order valence-corrected chi connectivity index (χ0v) is 10.8. The van der Waals surface area contributed by atoms with Crippen LogP contribution in [-0.2, 0) is 4.74 Å². The first-order valence-corrected chi connectivity index (χ1v) is 6.09. The molecule has 0 saturated heterocycles. The van der Waals surface area contributed by atoms with Gasteiger partial charge >= 0.3 is 0 Å². The lowest BCUT2D eigenvalue weighted by Crippen LogP contribution is -2.12. The quantitative estimate of drug-likeness (QED) is 0.742. The number of aliphatic hydroxyl groups excluding tert-OH is 1. The average molecular weight is 238 g/mol. The number of aliphatic hydroxyl groups is 1. The summed E-state index contributed by atoms with van der Waals surface area (Å²) in [6.07, 6.45) is 0.465. The molecule has 0 amide bonds. The highest BCUT2D eigenvalue weighted by Crippen LogP contribution is 2.31. The molecule has 0 bridgehead atoms. The van der Waals surface area contributed by atoms with E-state index >= 15 is 0 Å². The van der Waals surface area contributed by atoms with Gasteiger partial charge in [0.2, 0.25) is 0 Å². The smallest absolute Gasteiger partial charge is 0.125 e. The molecule has 0 spiro atoms. The standard InChI is InChI=1S/C14H22O3/c1-4-11(2)14(15)12-7-5-6-8-13(12)17-10-9-16-3/h5-8,11,14-15H,4,9-10H2,1-3H3. The number of hydrogen-bond donors (Lipinski definition) is 1. The first-order chi connectivity index (χ1) is 8.20. The molecule has 0 heterocycles. The summed E-state index contributed by atoms with van der Waals surface area (Å²) in [6, 6.07) is 7.63. The molecule has 96 valence electrons. The first kappa shape index (κ1) is 14.0. The minimum absolute atomic E-state index is 0.224. The summed E-state index contributed by atoms with van der Waals surface area (Å²) in [5.41, 5.74) is 0.859. The minimum atomic E-state index is -0.473. The summed E-state index contributed by atoms with van der Waals surface area (Å²) in [5, 5.41) is 10.2. The van der Waals surface area contributed by atoms with E-state index in [-0.39, 0.29) is 5.92 Å². The Labute approximate surface area is 103 Å². The van der Waals surface area contributed by atoms with E-state index in [0.717, 1.165) is 17.7 Å². The van der Waals surface area contributed by atoms with Gasteiger partial charge in [-0.25, -0.2) is 0 Å².